The Labute approximate surface area is 125 Å². The third-order valence-electron chi connectivity index (χ3n) is 2.95. The lowest BCUT2D eigenvalue weighted by molar-refractivity contribution is 0.408. The van der Waals surface area contributed by atoms with Gasteiger partial charge >= 0.3 is 0 Å². The van der Waals surface area contributed by atoms with Crippen molar-refractivity contribution in [2.75, 3.05) is 5.88 Å². The molecule has 1 unspecified atom stereocenters. The van der Waals surface area contributed by atoms with Crippen molar-refractivity contribution >= 4 is 38.9 Å². The minimum absolute atomic E-state index is 0.195. The van der Waals surface area contributed by atoms with Crippen molar-refractivity contribution in [2.24, 2.45) is 0 Å². The number of thiophene rings is 1. The van der Waals surface area contributed by atoms with Crippen LogP contribution in [0.1, 0.15) is 17.4 Å². The lowest BCUT2D eigenvalue weighted by Gasteiger charge is -2.29. The molecule has 0 amide bonds. The number of benzene rings is 1. The summed E-state index contributed by atoms with van der Waals surface area (Å²) in [6.07, 6.45) is 0. The van der Waals surface area contributed by atoms with Crippen molar-refractivity contribution < 1.29 is 0 Å². The van der Waals surface area contributed by atoms with Crippen LogP contribution in [0.15, 0.2) is 46.3 Å². The van der Waals surface area contributed by atoms with Gasteiger partial charge in [-0.3, -0.25) is 0 Å². The van der Waals surface area contributed by atoms with Gasteiger partial charge in [0.1, 0.15) is 0 Å². The number of halogens is 2. The first-order valence-electron chi connectivity index (χ1n) is 5.73. The standard InChI is InChI=1S/C14H15BrClNS/c1-14(10-16,11-5-3-2-4-6-11)17-8-13-7-12(15)9-18-13/h2-7,9,17H,8,10H2,1H3. The number of nitrogens with one attached hydrogen (secondary N) is 1. The van der Waals surface area contributed by atoms with Gasteiger partial charge in [0.2, 0.25) is 0 Å². The van der Waals surface area contributed by atoms with Gasteiger partial charge in [0.15, 0.2) is 0 Å². The molecule has 0 radical (unpaired) electrons. The molecule has 1 atom stereocenters. The molecule has 4 heteroatoms. The SMILES string of the molecule is CC(CCl)(NCc1cc(Br)cs1)c1ccccc1. The molecule has 2 rings (SSSR count). The molecular weight excluding hydrogens is 330 g/mol. The molecule has 1 nitrogen and oxygen atoms in total. The van der Waals surface area contributed by atoms with Gasteiger partial charge in [0.05, 0.1) is 5.54 Å². The minimum atomic E-state index is -0.195. The molecule has 0 aliphatic carbocycles. The first kappa shape index (κ1) is 14.1. The van der Waals surface area contributed by atoms with Crippen LogP contribution in [0.25, 0.3) is 0 Å². The Bertz CT molecular complexity index is 500. The van der Waals surface area contributed by atoms with E-state index in [2.05, 4.69) is 51.7 Å². The van der Waals surface area contributed by atoms with Crippen LogP contribution in [-0.4, -0.2) is 5.88 Å². The molecule has 1 heterocycles. The predicted molar refractivity (Wildman–Crippen MR) is 83.4 cm³/mol. The highest BCUT2D eigenvalue weighted by Crippen LogP contribution is 2.25. The molecule has 0 aliphatic heterocycles. The van der Waals surface area contributed by atoms with E-state index in [1.54, 1.807) is 11.3 Å². The molecule has 0 saturated carbocycles. The van der Waals surface area contributed by atoms with Gasteiger partial charge < -0.3 is 5.32 Å². The number of rotatable bonds is 5. The van der Waals surface area contributed by atoms with Crippen molar-refractivity contribution in [3.8, 4) is 0 Å². The number of hydrogen-bond acceptors (Lipinski definition) is 2. The molecule has 0 fully saturated rings. The van der Waals surface area contributed by atoms with Crippen LogP contribution >= 0.6 is 38.9 Å². The number of hydrogen-bond donors (Lipinski definition) is 1. The third kappa shape index (κ3) is 3.35. The van der Waals surface area contributed by atoms with Crippen LogP contribution < -0.4 is 5.32 Å². The summed E-state index contributed by atoms with van der Waals surface area (Å²) in [5, 5.41) is 5.64. The fourth-order valence-corrected chi connectivity index (χ4v) is 3.40. The maximum Gasteiger partial charge on any atom is 0.0545 e. The van der Waals surface area contributed by atoms with Crippen molar-refractivity contribution in [1.82, 2.24) is 5.32 Å². The summed E-state index contributed by atoms with van der Waals surface area (Å²) in [6.45, 7) is 2.96. The smallest absolute Gasteiger partial charge is 0.0545 e. The second kappa shape index (κ2) is 6.20. The van der Waals surface area contributed by atoms with Crippen LogP contribution in [-0.2, 0) is 12.1 Å². The molecule has 0 saturated heterocycles. The maximum absolute atomic E-state index is 6.15. The van der Waals surface area contributed by atoms with E-state index in [1.165, 1.54) is 10.4 Å². The van der Waals surface area contributed by atoms with E-state index in [0.29, 0.717) is 5.88 Å². The van der Waals surface area contributed by atoms with Crippen molar-refractivity contribution in [3.05, 3.63) is 56.7 Å². The van der Waals surface area contributed by atoms with E-state index in [4.69, 9.17) is 11.6 Å². The molecular formula is C14H15BrClNS. The van der Waals surface area contributed by atoms with Crippen LogP contribution in [0.4, 0.5) is 0 Å². The third-order valence-corrected chi connectivity index (χ3v) is 5.18. The molecule has 0 spiro atoms. The van der Waals surface area contributed by atoms with E-state index in [1.807, 2.05) is 18.2 Å². The Morgan fingerprint density at radius 3 is 2.61 bits per heavy atom. The Kier molecular flexibility index (Phi) is 4.84. The first-order valence-corrected chi connectivity index (χ1v) is 7.94. The molecule has 0 aliphatic rings. The fourth-order valence-electron chi connectivity index (χ4n) is 1.76. The minimum Gasteiger partial charge on any atom is -0.302 e. The average Bonchev–Trinajstić information content (AvgIpc) is 2.83. The van der Waals surface area contributed by atoms with Crippen LogP contribution in [0.2, 0.25) is 0 Å². The zero-order valence-corrected chi connectivity index (χ0v) is 13.3. The fraction of sp³-hybridized carbons (Fsp3) is 0.286. The zero-order valence-electron chi connectivity index (χ0n) is 10.1. The highest BCUT2D eigenvalue weighted by Gasteiger charge is 2.24. The second-order valence-corrected chi connectivity index (χ2v) is 6.60. The van der Waals surface area contributed by atoms with E-state index >= 15 is 0 Å². The Morgan fingerprint density at radius 1 is 1.33 bits per heavy atom. The highest BCUT2D eigenvalue weighted by atomic mass is 79.9. The summed E-state index contributed by atoms with van der Waals surface area (Å²) in [7, 11) is 0. The normalized spacial score (nSPS) is 14.4. The molecule has 2 aromatic rings. The Hall–Kier alpha value is -0.350. The molecule has 0 bridgehead atoms. The summed E-state index contributed by atoms with van der Waals surface area (Å²) in [4.78, 5) is 1.30. The van der Waals surface area contributed by atoms with Gasteiger partial charge in [0.25, 0.3) is 0 Å². The monoisotopic (exact) mass is 343 g/mol. The average molecular weight is 345 g/mol. The van der Waals surface area contributed by atoms with Crippen LogP contribution in [0, 0.1) is 0 Å². The van der Waals surface area contributed by atoms with Gasteiger partial charge in [-0.05, 0) is 34.5 Å². The maximum atomic E-state index is 6.15. The molecule has 18 heavy (non-hydrogen) atoms. The van der Waals surface area contributed by atoms with E-state index in [-0.39, 0.29) is 5.54 Å². The quantitative estimate of drug-likeness (QED) is 0.771. The van der Waals surface area contributed by atoms with Gasteiger partial charge in [-0.25, -0.2) is 0 Å². The van der Waals surface area contributed by atoms with Crippen molar-refractivity contribution in [1.29, 1.82) is 0 Å². The molecule has 1 aromatic heterocycles. The van der Waals surface area contributed by atoms with Gasteiger partial charge in [0, 0.05) is 27.2 Å². The van der Waals surface area contributed by atoms with Crippen LogP contribution in [0.3, 0.4) is 0 Å². The topological polar surface area (TPSA) is 12.0 Å². The molecule has 1 aromatic carbocycles. The molecule has 96 valence electrons. The lowest BCUT2D eigenvalue weighted by atomic mass is 9.94. The number of alkyl halides is 1. The summed E-state index contributed by atoms with van der Waals surface area (Å²) in [5.41, 5.74) is 1.02. The van der Waals surface area contributed by atoms with Crippen molar-refractivity contribution in [2.45, 2.75) is 19.0 Å². The summed E-state index contributed by atoms with van der Waals surface area (Å²) < 4.78 is 1.14. The van der Waals surface area contributed by atoms with Gasteiger partial charge in [-0.2, -0.15) is 0 Å². The first-order chi connectivity index (χ1) is 8.64. The van der Waals surface area contributed by atoms with Crippen LogP contribution in [0.5, 0.6) is 0 Å². The van der Waals surface area contributed by atoms with E-state index in [9.17, 15) is 0 Å². The summed E-state index contributed by atoms with van der Waals surface area (Å²) in [6, 6.07) is 12.5. The van der Waals surface area contributed by atoms with Gasteiger partial charge in [-0.1, -0.05) is 30.3 Å². The highest BCUT2D eigenvalue weighted by molar-refractivity contribution is 9.10. The molecule has 1 N–H and O–H groups in total. The van der Waals surface area contributed by atoms with E-state index < -0.39 is 0 Å². The summed E-state index contributed by atoms with van der Waals surface area (Å²) in [5.74, 6) is 0.545. The lowest BCUT2D eigenvalue weighted by Crippen LogP contribution is -2.40. The predicted octanol–water partition coefficient (Wildman–Crippen LogP) is 4.75. The largest absolute Gasteiger partial charge is 0.302 e. The van der Waals surface area contributed by atoms with Crippen molar-refractivity contribution in [3.63, 3.8) is 0 Å². The Balaban J connectivity index is 2.09. The van der Waals surface area contributed by atoms with Gasteiger partial charge in [-0.15, -0.1) is 22.9 Å². The van der Waals surface area contributed by atoms with E-state index in [0.717, 1.165) is 11.0 Å². The summed E-state index contributed by atoms with van der Waals surface area (Å²) >= 11 is 11.4. The zero-order chi connectivity index (χ0) is 13.0. The Morgan fingerprint density at radius 2 is 2.06 bits per heavy atom. The second-order valence-electron chi connectivity index (χ2n) is 4.42.